The van der Waals surface area contributed by atoms with Crippen LogP contribution >= 0.6 is 0 Å². The highest BCUT2D eigenvalue weighted by molar-refractivity contribution is 5.11. The molecule has 2 rings (SSSR count). The van der Waals surface area contributed by atoms with Crippen molar-refractivity contribution in [2.45, 2.75) is 57.5 Å². The molecule has 84 valence electrons. The van der Waals surface area contributed by atoms with Crippen LogP contribution in [0, 0.1) is 0 Å². The molecule has 15 heavy (non-hydrogen) atoms. The summed E-state index contributed by atoms with van der Waals surface area (Å²) in [7, 11) is 0. The topological polar surface area (TPSA) is 43.8 Å². The summed E-state index contributed by atoms with van der Waals surface area (Å²) in [6.07, 6.45) is 7.64. The summed E-state index contributed by atoms with van der Waals surface area (Å²) in [5.74, 6) is 0. The molecule has 0 saturated heterocycles. The molecule has 0 spiro atoms. The number of nitrogens with zero attached hydrogens (tertiary/aromatic N) is 2. The Bertz CT molecular complexity index is 321. The van der Waals surface area contributed by atoms with Crippen LogP contribution in [-0.2, 0) is 6.42 Å². The van der Waals surface area contributed by atoms with Crippen molar-refractivity contribution in [3.05, 3.63) is 18.0 Å². The predicted octanol–water partition coefficient (Wildman–Crippen LogP) is 2.28. The SMILES string of the molecule is CCC(CC)n1ccc(CC2(N)CC2)n1. The Morgan fingerprint density at radius 1 is 1.47 bits per heavy atom. The van der Waals surface area contributed by atoms with Gasteiger partial charge in [-0.2, -0.15) is 5.10 Å². The first kappa shape index (κ1) is 10.7. The van der Waals surface area contributed by atoms with E-state index in [1.54, 1.807) is 0 Å². The first-order valence-corrected chi connectivity index (χ1v) is 6.00. The molecule has 1 heterocycles. The Kier molecular flexibility index (Phi) is 2.83. The summed E-state index contributed by atoms with van der Waals surface area (Å²) in [4.78, 5) is 0. The molecule has 0 unspecified atom stereocenters. The van der Waals surface area contributed by atoms with Crippen molar-refractivity contribution >= 4 is 0 Å². The Morgan fingerprint density at radius 3 is 2.67 bits per heavy atom. The predicted molar refractivity (Wildman–Crippen MR) is 61.7 cm³/mol. The van der Waals surface area contributed by atoms with E-state index in [4.69, 9.17) is 5.73 Å². The van der Waals surface area contributed by atoms with Crippen LogP contribution in [0.25, 0.3) is 0 Å². The van der Waals surface area contributed by atoms with Gasteiger partial charge >= 0.3 is 0 Å². The van der Waals surface area contributed by atoms with Gasteiger partial charge in [-0.3, -0.25) is 4.68 Å². The summed E-state index contributed by atoms with van der Waals surface area (Å²) in [6, 6.07) is 2.66. The second-order valence-corrected chi connectivity index (χ2v) is 4.80. The van der Waals surface area contributed by atoms with Gasteiger partial charge in [-0.25, -0.2) is 0 Å². The van der Waals surface area contributed by atoms with Gasteiger partial charge in [0.1, 0.15) is 0 Å². The zero-order valence-electron chi connectivity index (χ0n) is 9.74. The first-order chi connectivity index (χ1) is 7.17. The normalized spacial score (nSPS) is 18.4. The standard InChI is InChI=1S/C12H21N3/c1-3-11(4-2)15-8-5-10(14-15)9-12(13)6-7-12/h5,8,11H,3-4,6-7,9,13H2,1-2H3. The minimum atomic E-state index is 0.0765. The van der Waals surface area contributed by atoms with Crippen molar-refractivity contribution in [2.75, 3.05) is 0 Å². The van der Waals surface area contributed by atoms with Crippen molar-refractivity contribution in [3.63, 3.8) is 0 Å². The molecular weight excluding hydrogens is 186 g/mol. The zero-order valence-corrected chi connectivity index (χ0v) is 9.74. The first-order valence-electron chi connectivity index (χ1n) is 6.00. The van der Waals surface area contributed by atoms with Gasteiger partial charge in [0, 0.05) is 18.2 Å². The zero-order chi connectivity index (χ0) is 10.9. The molecule has 0 bridgehead atoms. The van der Waals surface area contributed by atoms with Crippen LogP contribution in [0.5, 0.6) is 0 Å². The number of hydrogen-bond donors (Lipinski definition) is 1. The average Bonchev–Trinajstić information content (AvgIpc) is 2.76. The summed E-state index contributed by atoms with van der Waals surface area (Å²) in [5.41, 5.74) is 7.31. The van der Waals surface area contributed by atoms with Gasteiger partial charge in [0.15, 0.2) is 0 Å². The molecule has 1 aliphatic carbocycles. The third kappa shape index (κ3) is 2.40. The third-order valence-electron chi connectivity index (χ3n) is 3.41. The Hall–Kier alpha value is -0.830. The largest absolute Gasteiger partial charge is 0.325 e. The maximum Gasteiger partial charge on any atom is 0.0643 e. The van der Waals surface area contributed by atoms with E-state index in [2.05, 4.69) is 35.9 Å². The van der Waals surface area contributed by atoms with E-state index in [9.17, 15) is 0 Å². The van der Waals surface area contributed by atoms with E-state index in [0.717, 1.165) is 37.8 Å². The fourth-order valence-corrected chi connectivity index (χ4v) is 2.04. The summed E-state index contributed by atoms with van der Waals surface area (Å²) < 4.78 is 2.10. The highest BCUT2D eigenvalue weighted by Gasteiger charge is 2.38. The van der Waals surface area contributed by atoms with Gasteiger partial charge in [0.2, 0.25) is 0 Å². The molecule has 0 aliphatic heterocycles. The molecule has 0 atom stereocenters. The smallest absolute Gasteiger partial charge is 0.0643 e. The van der Waals surface area contributed by atoms with Gasteiger partial charge in [-0.05, 0) is 31.7 Å². The molecule has 0 radical (unpaired) electrons. The highest BCUT2D eigenvalue weighted by Crippen LogP contribution is 2.35. The lowest BCUT2D eigenvalue weighted by atomic mass is 10.1. The number of aromatic nitrogens is 2. The number of nitrogens with two attached hydrogens (primary N) is 1. The summed E-state index contributed by atoms with van der Waals surface area (Å²) in [6.45, 7) is 4.42. The molecule has 3 nitrogen and oxygen atoms in total. The van der Waals surface area contributed by atoms with Crippen LogP contribution in [-0.4, -0.2) is 15.3 Å². The molecular formula is C12H21N3. The Balaban J connectivity index is 2.02. The molecule has 1 saturated carbocycles. The lowest BCUT2D eigenvalue weighted by Crippen LogP contribution is -2.24. The van der Waals surface area contributed by atoms with Crippen LogP contribution in [0.3, 0.4) is 0 Å². The quantitative estimate of drug-likeness (QED) is 0.805. The Labute approximate surface area is 91.7 Å². The average molecular weight is 207 g/mol. The minimum absolute atomic E-state index is 0.0765. The maximum absolute atomic E-state index is 6.08. The third-order valence-corrected chi connectivity index (χ3v) is 3.41. The van der Waals surface area contributed by atoms with Crippen molar-refractivity contribution in [1.29, 1.82) is 0 Å². The van der Waals surface area contributed by atoms with Crippen LogP contribution in [0.4, 0.5) is 0 Å². The second-order valence-electron chi connectivity index (χ2n) is 4.80. The molecule has 1 aromatic rings. The van der Waals surface area contributed by atoms with Gasteiger partial charge in [0.25, 0.3) is 0 Å². The molecule has 0 amide bonds. The molecule has 1 fully saturated rings. The lowest BCUT2D eigenvalue weighted by Gasteiger charge is -2.12. The van der Waals surface area contributed by atoms with Gasteiger partial charge in [-0.15, -0.1) is 0 Å². The molecule has 3 heteroatoms. The van der Waals surface area contributed by atoms with Gasteiger partial charge < -0.3 is 5.73 Å². The van der Waals surface area contributed by atoms with E-state index in [-0.39, 0.29) is 5.54 Å². The summed E-state index contributed by atoms with van der Waals surface area (Å²) in [5, 5.41) is 4.61. The van der Waals surface area contributed by atoms with Crippen molar-refractivity contribution < 1.29 is 0 Å². The maximum atomic E-state index is 6.08. The van der Waals surface area contributed by atoms with Gasteiger partial charge in [-0.1, -0.05) is 13.8 Å². The molecule has 1 aliphatic rings. The van der Waals surface area contributed by atoms with E-state index >= 15 is 0 Å². The van der Waals surface area contributed by atoms with Crippen molar-refractivity contribution in [2.24, 2.45) is 5.73 Å². The van der Waals surface area contributed by atoms with Crippen LogP contribution in [0.1, 0.15) is 51.3 Å². The fraction of sp³-hybridized carbons (Fsp3) is 0.750. The highest BCUT2D eigenvalue weighted by atomic mass is 15.3. The van der Waals surface area contributed by atoms with Crippen LogP contribution < -0.4 is 5.73 Å². The van der Waals surface area contributed by atoms with Crippen LogP contribution in [0.15, 0.2) is 12.3 Å². The van der Waals surface area contributed by atoms with E-state index < -0.39 is 0 Å². The van der Waals surface area contributed by atoms with Crippen molar-refractivity contribution in [1.82, 2.24) is 9.78 Å². The number of hydrogen-bond acceptors (Lipinski definition) is 2. The Morgan fingerprint density at radius 2 is 2.13 bits per heavy atom. The minimum Gasteiger partial charge on any atom is -0.325 e. The van der Waals surface area contributed by atoms with E-state index in [1.165, 1.54) is 0 Å². The monoisotopic (exact) mass is 207 g/mol. The second kappa shape index (κ2) is 3.97. The van der Waals surface area contributed by atoms with Crippen LogP contribution in [0.2, 0.25) is 0 Å². The van der Waals surface area contributed by atoms with E-state index in [1.807, 2.05) is 0 Å². The molecule has 0 aromatic carbocycles. The summed E-state index contributed by atoms with van der Waals surface area (Å²) >= 11 is 0. The van der Waals surface area contributed by atoms with E-state index in [0.29, 0.717) is 6.04 Å². The molecule has 2 N–H and O–H groups in total. The fourth-order valence-electron chi connectivity index (χ4n) is 2.04. The number of rotatable bonds is 5. The van der Waals surface area contributed by atoms with Crippen molar-refractivity contribution in [3.8, 4) is 0 Å². The lowest BCUT2D eigenvalue weighted by molar-refractivity contribution is 0.424. The van der Waals surface area contributed by atoms with Gasteiger partial charge in [0.05, 0.1) is 11.7 Å². The molecule has 1 aromatic heterocycles.